The van der Waals surface area contributed by atoms with Gasteiger partial charge in [-0.05, 0) is 23.6 Å². The van der Waals surface area contributed by atoms with Crippen molar-refractivity contribution in [3.8, 4) is 0 Å². The van der Waals surface area contributed by atoms with Gasteiger partial charge in [0.05, 0.1) is 0 Å². The molecule has 0 bridgehead atoms. The molecule has 0 saturated heterocycles. The predicted octanol–water partition coefficient (Wildman–Crippen LogP) is 4.00. The summed E-state index contributed by atoms with van der Waals surface area (Å²) in [5.74, 6) is 0.985. The van der Waals surface area contributed by atoms with Gasteiger partial charge in [0.2, 0.25) is 0 Å². The molecule has 0 amide bonds. The zero-order valence-corrected chi connectivity index (χ0v) is 10.2. The van der Waals surface area contributed by atoms with E-state index in [0.29, 0.717) is 0 Å². The number of rotatable bonds is 2. The third-order valence-corrected chi connectivity index (χ3v) is 3.11. The first-order valence-electron chi connectivity index (χ1n) is 5.99. The fourth-order valence-electron chi connectivity index (χ4n) is 2.14. The van der Waals surface area contributed by atoms with Crippen LogP contribution in [0.1, 0.15) is 0 Å². The van der Waals surface area contributed by atoms with E-state index in [9.17, 15) is 0 Å². The van der Waals surface area contributed by atoms with Crippen LogP contribution >= 0.6 is 0 Å². The Morgan fingerprint density at radius 3 is 2.39 bits per heavy atom. The van der Waals surface area contributed by atoms with Crippen LogP contribution in [0.4, 0.5) is 11.5 Å². The molecule has 2 heteroatoms. The van der Waals surface area contributed by atoms with E-state index in [2.05, 4.69) is 40.2 Å². The number of hydrogen-bond acceptors (Lipinski definition) is 2. The van der Waals surface area contributed by atoms with Crippen LogP contribution < -0.4 is 4.90 Å². The highest BCUT2D eigenvalue weighted by molar-refractivity contribution is 5.93. The van der Waals surface area contributed by atoms with E-state index in [1.54, 1.807) is 0 Å². The molecular formula is C16H14N2. The van der Waals surface area contributed by atoms with Gasteiger partial charge in [-0.25, -0.2) is 4.98 Å². The maximum absolute atomic E-state index is 4.51. The number of nitrogens with zero attached hydrogens (tertiary/aromatic N) is 2. The van der Waals surface area contributed by atoms with Gasteiger partial charge in [-0.2, -0.15) is 0 Å². The van der Waals surface area contributed by atoms with E-state index in [1.165, 1.54) is 10.8 Å². The lowest BCUT2D eigenvalue weighted by Gasteiger charge is -2.19. The molecule has 0 spiro atoms. The zero-order chi connectivity index (χ0) is 12.4. The zero-order valence-electron chi connectivity index (χ0n) is 10.2. The molecule has 18 heavy (non-hydrogen) atoms. The Morgan fingerprint density at radius 1 is 0.833 bits per heavy atom. The summed E-state index contributed by atoms with van der Waals surface area (Å²) in [6, 6.07) is 20.6. The Balaban J connectivity index is 2.15. The summed E-state index contributed by atoms with van der Waals surface area (Å²) < 4.78 is 0. The average Bonchev–Trinajstić information content (AvgIpc) is 2.47. The second kappa shape index (κ2) is 4.49. The second-order valence-corrected chi connectivity index (χ2v) is 4.25. The van der Waals surface area contributed by atoms with Gasteiger partial charge in [0.1, 0.15) is 5.82 Å². The van der Waals surface area contributed by atoms with Crippen LogP contribution in [0.5, 0.6) is 0 Å². The highest BCUT2D eigenvalue weighted by Gasteiger charge is 2.08. The molecule has 0 saturated carbocycles. The van der Waals surface area contributed by atoms with Gasteiger partial charge in [-0.15, -0.1) is 0 Å². The summed E-state index contributed by atoms with van der Waals surface area (Å²) in [7, 11) is 2.05. The van der Waals surface area contributed by atoms with Crippen LogP contribution in [-0.4, -0.2) is 12.0 Å². The fraction of sp³-hybridized carbons (Fsp3) is 0.0625. The number of pyridine rings is 1. The highest BCUT2D eigenvalue weighted by atomic mass is 15.2. The van der Waals surface area contributed by atoms with E-state index in [4.69, 9.17) is 0 Å². The van der Waals surface area contributed by atoms with Gasteiger partial charge in [0.15, 0.2) is 0 Å². The van der Waals surface area contributed by atoms with Crippen molar-refractivity contribution in [3.05, 3.63) is 66.9 Å². The van der Waals surface area contributed by atoms with Gasteiger partial charge in [0, 0.05) is 24.3 Å². The Kier molecular flexibility index (Phi) is 2.69. The minimum atomic E-state index is 0.985. The molecule has 2 nitrogen and oxygen atoms in total. The lowest BCUT2D eigenvalue weighted by molar-refractivity contribution is 1.14. The maximum atomic E-state index is 4.51. The summed E-state index contributed by atoms with van der Waals surface area (Å²) in [6.45, 7) is 0. The van der Waals surface area contributed by atoms with Crippen molar-refractivity contribution in [2.24, 2.45) is 0 Å². The molecular weight excluding hydrogens is 220 g/mol. The highest BCUT2D eigenvalue weighted by Crippen LogP contribution is 2.28. The molecule has 88 valence electrons. The summed E-state index contributed by atoms with van der Waals surface area (Å²) in [5.41, 5.74) is 1.14. The van der Waals surface area contributed by atoms with Crippen LogP contribution in [0, 0.1) is 0 Å². The van der Waals surface area contributed by atoms with E-state index < -0.39 is 0 Å². The van der Waals surface area contributed by atoms with Crippen LogP contribution in [0.25, 0.3) is 10.8 Å². The topological polar surface area (TPSA) is 16.1 Å². The van der Waals surface area contributed by atoms with Crippen molar-refractivity contribution in [1.82, 2.24) is 4.98 Å². The molecule has 3 aromatic rings. The Bertz CT molecular complexity index is 657. The van der Waals surface area contributed by atoms with E-state index in [1.807, 2.05) is 43.6 Å². The third-order valence-electron chi connectivity index (χ3n) is 3.11. The summed E-state index contributed by atoms with van der Waals surface area (Å²) in [4.78, 5) is 6.62. The monoisotopic (exact) mass is 234 g/mol. The molecule has 1 heterocycles. The number of anilines is 2. The lowest BCUT2D eigenvalue weighted by Crippen LogP contribution is -2.11. The molecule has 0 N–H and O–H groups in total. The predicted molar refractivity (Wildman–Crippen MR) is 76.2 cm³/mol. The van der Waals surface area contributed by atoms with Gasteiger partial charge >= 0.3 is 0 Å². The Hall–Kier alpha value is -2.35. The van der Waals surface area contributed by atoms with Crippen LogP contribution in [0.3, 0.4) is 0 Å². The van der Waals surface area contributed by atoms with Gasteiger partial charge < -0.3 is 4.90 Å². The Labute approximate surface area is 107 Å². The number of fused-ring (bicyclic) bond motifs is 1. The van der Waals surface area contributed by atoms with Gasteiger partial charge in [-0.1, -0.05) is 42.5 Å². The largest absolute Gasteiger partial charge is 0.329 e. The van der Waals surface area contributed by atoms with E-state index in [-0.39, 0.29) is 0 Å². The quantitative estimate of drug-likeness (QED) is 0.666. The van der Waals surface area contributed by atoms with Crippen LogP contribution in [-0.2, 0) is 0 Å². The normalized spacial score (nSPS) is 10.5. The molecule has 1 aromatic heterocycles. The van der Waals surface area contributed by atoms with Crippen molar-refractivity contribution in [2.75, 3.05) is 11.9 Å². The van der Waals surface area contributed by atoms with Crippen molar-refractivity contribution < 1.29 is 0 Å². The first kappa shape index (κ1) is 10.8. The summed E-state index contributed by atoms with van der Waals surface area (Å²) in [6.07, 6.45) is 1.86. The number of hydrogen-bond donors (Lipinski definition) is 0. The molecule has 2 aromatic carbocycles. The standard InChI is InChI=1S/C16H14N2/c1-18(14-8-3-2-4-9-14)16-15-10-6-5-7-13(15)11-12-17-16/h2-12H,1H3. The molecule has 0 unspecified atom stereocenters. The number of para-hydroxylation sites is 1. The summed E-state index contributed by atoms with van der Waals surface area (Å²) >= 11 is 0. The molecule has 0 aliphatic heterocycles. The third kappa shape index (κ3) is 1.82. The summed E-state index contributed by atoms with van der Waals surface area (Å²) in [5, 5.41) is 2.39. The van der Waals surface area contributed by atoms with Crippen LogP contribution in [0.15, 0.2) is 66.9 Å². The van der Waals surface area contributed by atoms with Gasteiger partial charge in [-0.3, -0.25) is 0 Å². The van der Waals surface area contributed by atoms with Crippen molar-refractivity contribution >= 4 is 22.3 Å². The first-order chi connectivity index (χ1) is 8.86. The van der Waals surface area contributed by atoms with Gasteiger partial charge in [0.25, 0.3) is 0 Å². The minimum Gasteiger partial charge on any atom is -0.329 e. The first-order valence-corrected chi connectivity index (χ1v) is 5.99. The molecule has 0 radical (unpaired) electrons. The van der Waals surface area contributed by atoms with E-state index in [0.717, 1.165) is 11.5 Å². The van der Waals surface area contributed by atoms with Crippen molar-refractivity contribution in [2.45, 2.75) is 0 Å². The smallest absolute Gasteiger partial charge is 0.140 e. The number of benzene rings is 2. The second-order valence-electron chi connectivity index (χ2n) is 4.25. The average molecular weight is 234 g/mol. The van der Waals surface area contributed by atoms with Crippen molar-refractivity contribution in [1.29, 1.82) is 0 Å². The van der Waals surface area contributed by atoms with Crippen molar-refractivity contribution in [3.63, 3.8) is 0 Å². The molecule has 0 aliphatic rings. The molecule has 3 rings (SSSR count). The maximum Gasteiger partial charge on any atom is 0.140 e. The van der Waals surface area contributed by atoms with Crippen LogP contribution in [0.2, 0.25) is 0 Å². The molecule has 0 fully saturated rings. The minimum absolute atomic E-state index is 0.985. The SMILES string of the molecule is CN(c1ccccc1)c1nccc2ccccc12. The lowest BCUT2D eigenvalue weighted by atomic mass is 10.1. The molecule has 0 aliphatic carbocycles. The van der Waals surface area contributed by atoms with E-state index >= 15 is 0 Å². The molecule has 0 atom stereocenters. The Morgan fingerprint density at radius 2 is 1.56 bits per heavy atom. The fourth-order valence-corrected chi connectivity index (χ4v) is 2.14. The number of aromatic nitrogens is 1.